The molecular weight excluding hydrogens is 378 g/mol. The van der Waals surface area contributed by atoms with E-state index in [0.717, 1.165) is 10.6 Å². The summed E-state index contributed by atoms with van der Waals surface area (Å²) in [4.78, 5) is 14.1. The van der Waals surface area contributed by atoms with Crippen molar-refractivity contribution in [2.45, 2.75) is 19.4 Å². The first-order chi connectivity index (χ1) is 12.1. The molecular formula is C16H21N3O5S2. The standard InChI is InChI=1S/C16H21N3O5S2/c1-3-18(15-7-8-26(23,24)12-15)16(20)11-19(25(2,21)22)14-6-4-5-13(9-14)10-17/h4-6,9,15H,3,7-8,11-12H2,1-2H3. The largest absolute Gasteiger partial charge is 0.337 e. The van der Waals surface area contributed by atoms with Crippen LogP contribution in [0.5, 0.6) is 0 Å². The van der Waals surface area contributed by atoms with E-state index in [1.165, 1.54) is 29.2 Å². The Morgan fingerprint density at radius 3 is 2.58 bits per heavy atom. The summed E-state index contributed by atoms with van der Waals surface area (Å²) >= 11 is 0. The van der Waals surface area contributed by atoms with Crippen molar-refractivity contribution < 1.29 is 21.6 Å². The van der Waals surface area contributed by atoms with Gasteiger partial charge in [0.1, 0.15) is 6.54 Å². The average Bonchev–Trinajstić information content (AvgIpc) is 2.92. The first kappa shape index (κ1) is 20.2. The Bertz CT molecular complexity index is 935. The van der Waals surface area contributed by atoms with Crippen LogP contribution in [0.3, 0.4) is 0 Å². The van der Waals surface area contributed by atoms with Crippen molar-refractivity contribution in [3.8, 4) is 6.07 Å². The molecule has 8 nitrogen and oxygen atoms in total. The number of sulfonamides is 1. The molecule has 1 atom stereocenters. The first-order valence-electron chi connectivity index (χ1n) is 8.05. The SMILES string of the molecule is CCN(C(=O)CN(c1cccc(C#N)c1)S(C)(=O)=O)C1CCS(=O)(=O)C1. The highest BCUT2D eigenvalue weighted by atomic mass is 32.2. The van der Waals surface area contributed by atoms with Gasteiger partial charge in [0.2, 0.25) is 15.9 Å². The van der Waals surface area contributed by atoms with Gasteiger partial charge in [-0.15, -0.1) is 0 Å². The third-order valence-corrected chi connectivity index (χ3v) is 7.14. The molecule has 2 rings (SSSR count). The van der Waals surface area contributed by atoms with Crippen LogP contribution >= 0.6 is 0 Å². The van der Waals surface area contributed by atoms with E-state index >= 15 is 0 Å². The number of carbonyl (C=O) groups excluding carboxylic acids is 1. The van der Waals surface area contributed by atoms with Crippen LogP contribution in [-0.4, -0.2) is 64.5 Å². The highest BCUT2D eigenvalue weighted by Gasteiger charge is 2.35. The fraction of sp³-hybridized carbons (Fsp3) is 0.500. The van der Waals surface area contributed by atoms with Crippen LogP contribution in [0.1, 0.15) is 18.9 Å². The van der Waals surface area contributed by atoms with E-state index in [0.29, 0.717) is 6.42 Å². The lowest BCUT2D eigenvalue weighted by Gasteiger charge is -2.30. The van der Waals surface area contributed by atoms with Crippen molar-refractivity contribution in [2.24, 2.45) is 0 Å². The number of sulfone groups is 1. The minimum atomic E-state index is -3.77. The van der Waals surface area contributed by atoms with E-state index in [1.54, 1.807) is 6.92 Å². The van der Waals surface area contributed by atoms with Crippen molar-refractivity contribution in [1.82, 2.24) is 4.90 Å². The second-order valence-electron chi connectivity index (χ2n) is 6.17. The molecule has 1 amide bonds. The smallest absolute Gasteiger partial charge is 0.243 e. The Labute approximate surface area is 154 Å². The van der Waals surface area contributed by atoms with Gasteiger partial charge in [0, 0.05) is 12.6 Å². The number of benzene rings is 1. The molecule has 0 saturated carbocycles. The fourth-order valence-corrected chi connectivity index (χ4v) is 5.58. The second kappa shape index (κ2) is 7.63. The molecule has 0 aliphatic carbocycles. The van der Waals surface area contributed by atoms with Gasteiger partial charge in [-0.25, -0.2) is 16.8 Å². The number of hydrogen-bond acceptors (Lipinski definition) is 6. The van der Waals surface area contributed by atoms with E-state index < -0.39 is 38.4 Å². The van der Waals surface area contributed by atoms with Crippen molar-refractivity contribution in [3.63, 3.8) is 0 Å². The summed E-state index contributed by atoms with van der Waals surface area (Å²) in [7, 11) is -6.93. The summed E-state index contributed by atoms with van der Waals surface area (Å²) in [6.45, 7) is 1.57. The molecule has 1 aromatic rings. The van der Waals surface area contributed by atoms with Gasteiger partial charge in [0.25, 0.3) is 0 Å². The normalized spacial score (nSPS) is 18.9. The highest BCUT2D eigenvalue weighted by molar-refractivity contribution is 7.92. The molecule has 142 valence electrons. The third-order valence-electron chi connectivity index (χ3n) is 4.25. The zero-order valence-electron chi connectivity index (χ0n) is 14.6. The number of nitriles is 1. The molecule has 0 aromatic heterocycles. The molecule has 0 N–H and O–H groups in total. The maximum absolute atomic E-state index is 12.7. The van der Waals surface area contributed by atoms with E-state index in [1.807, 2.05) is 6.07 Å². The first-order valence-corrected chi connectivity index (χ1v) is 11.7. The van der Waals surface area contributed by atoms with E-state index in [4.69, 9.17) is 5.26 Å². The summed E-state index contributed by atoms with van der Waals surface area (Å²) < 4.78 is 48.7. The van der Waals surface area contributed by atoms with Crippen molar-refractivity contribution in [2.75, 3.05) is 35.2 Å². The van der Waals surface area contributed by atoms with Crippen LogP contribution in [-0.2, 0) is 24.7 Å². The van der Waals surface area contributed by atoms with Gasteiger partial charge in [-0.1, -0.05) is 6.07 Å². The molecule has 0 bridgehead atoms. The number of anilines is 1. The van der Waals surface area contributed by atoms with Gasteiger partial charge >= 0.3 is 0 Å². The Balaban J connectivity index is 2.27. The topological polar surface area (TPSA) is 116 Å². The van der Waals surface area contributed by atoms with Crippen molar-refractivity contribution in [1.29, 1.82) is 5.26 Å². The maximum Gasteiger partial charge on any atom is 0.243 e. The number of nitrogens with zero attached hydrogens (tertiary/aromatic N) is 3. The molecule has 1 heterocycles. The minimum absolute atomic E-state index is 0.0292. The summed E-state index contributed by atoms with van der Waals surface area (Å²) in [5.41, 5.74) is 0.493. The number of amides is 1. The van der Waals surface area contributed by atoms with Gasteiger partial charge in [0.05, 0.1) is 35.1 Å². The monoisotopic (exact) mass is 399 g/mol. The molecule has 1 aromatic carbocycles. The van der Waals surface area contributed by atoms with Gasteiger partial charge in [0.15, 0.2) is 9.84 Å². The highest BCUT2D eigenvalue weighted by Crippen LogP contribution is 2.21. The van der Waals surface area contributed by atoms with Crippen LogP contribution < -0.4 is 4.31 Å². The minimum Gasteiger partial charge on any atom is -0.337 e. The predicted molar refractivity (Wildman–Crippen MR) is 97.8 cm³/mol. The number of carbonyl (C=O) groups is 1. The molecule has 26 heavy (non-hydrogen) atoms. The lowest BCUT2D eigenvalue weighted by Crippen LogP contribution is -2.47. The van der Waals surface area contributed by atoms with E-state index in [2.05, 4.69) is 0 Å². The quantitative estimate of drug-likeness (QED) is 0.682. The van der Waals surface area contributed by atoms with Gasteiger partial charge in [-0.3, -0.25) is 9.10 Å². The Morgan fingerprint density at radius 1 is 1.38 bits per heavy atom. The molecule has 1 unspecified atom stereocenters. The zero-order chi connectivity index (χ0) is 19.5. The summed E-state index contributed by atoms with van der Waals surface area (Å²) in [5, 5.41) is 9.00. The average molecular weight is 399 g/mol. The van der Waals surface area contributed by atoms with E-state index in [-0.39, 0.29) is 29.3 Å². The molecule has 10 heteroatoms. The van der Waals surface area contributed by atoms with Crippen LogP contribution in [0.4, 0.5) is 5.69 Å². The second-order valence-corrected chi connectivity index (χ2v) is 10.3. The lowest BCUT2D eigenvalue weighted by atomic mass is 10.2. The predicted octanol–water partition coefficient (Wildman–Crippen LogP) is 0.360. The zero-order valence-corrected chi connectivity index (χ0v) is 16.3. The van der Waals surface area contributed by atoms with Crippen LogP contribution in [0.15, 0.2) is 24.3 Å². The number of rotatable bonds is 6. The van der Waals surface area contributed by atoms with E-state index in [9.17, 15) is 21.6 Å². The molecule has 0 radical (unpaired) electrons. The maximum atomic E-state index is 12.7. The summed E-state index contributed by atoms with van der Waals surface area (Å²) in [6, 6.07) is 7.46. The molecule has 0 spiro atoms. The molecule has 1 aliphatic heterocycles. The third kappa shape index (κ3) is 4.74. The van der Waals surface area contributed by atoms with Gasteiger partial charge < -0.3 is 4.90 Å². The molecule has 1 aliphatic rings. The number of likely N-dealkylation sites (N-methyl/N-ethyl adjacent to an activating group) is 1. The van der Waals surface area contributed by atoms with Gasteiger partial charge in [-0.05, 0) is 31.5 Å². The fourth-order valence-electron chi connectivity index (χ4n) is 3.00. The molecule has 1 fully saturated rings. The summed E-state index contributed by atoms with van der Waals surface area (Å²) in [6.07, 6.45) is 1.33. The van der Waals surface area contributed by atoms with Crippen LogP contribution in [0, 0.1) is 11.3 Å². The van der Waals surface area contributed by atoms with Crippen LogP contribution in [0.2, 0.25) is 0 Å². The Kier molecular flexibility index (Phi) is 5.93. The number of hydrogen-bond donors (Lipinski definition) is 0. The lowest BCUT2D eigenvalue weighted by molar-refractivity contribution is -0.131. The van der Waals surface area contributed by atoms with Crippen molar-refractivity contribution in [3.05, 3.63) is 29.8 Å². The van der Waals surface area contributed by atoms with Crippen LogP contribution in [0.25, 0.3) is 0 Å². The van der Waals surface area contributed by atoms with Crippen molar-refractivity contribution >= 4 is 31.5 Å². The Hall–Kier alpha value is -2.12. The van der Waals surface area contributed by atoms with Gasteiger partial charge in [-0.2, -0.15) is 5.26 Å². The molecule has 1 saturated heterocycles. The summed E-state index contributed by atoms with van der Waals surface area (Å²) in [5.74, 6) is -0.543. The Morgan fingerprint density at radius 2 is 2.08 bits per heavy atom.